The number of rotatable bonds is 5. The second-order valence-corrected chi connectivity index (χ2v) is 5.11. The third-order valence-electron chi connectivity index (χ3n) is 2.67. The van der Waals surface area contributed by atoms with Crippen LogP contribution in [-0.2, 0) is 0 Å². The maximum Gasteiger partial charge on any atom is 0.251 e. The van der Waals surface area contributed by atoms with Gasteiger partial charge >= 0.3 is 0 Å². The molecule has 1 atom stereocenters. The van der Waals surface area contributed by atoms with Crippen molar-refractivity contribution in [3.8, 4) is 0 Å². The topological polar surface area (TPSA) is 49.3 Å². The van der Waals surface area contributed by atoms with Crippen molar-refractivity contribution in [3.05, 3.63) is 29.8 Å². The molecule has 17 heavy (non-hydrogen) atoms. The molecule has 0 saturated heterocycles. The van der Waals surface area contributed by atoms with E-state index in [-0.39, 0.29) is 24.5 Å². The summed E-state index contributed by atoms with van der Waals surface area (Å²) in [5.74, 6) is 0.0832. The number of amides is 1. The van der Waals surface area contributed by atoms with Crippen LogP contribution < -0.4 is 5.32 Å². The highest BCUT2D eigenvalue weighted by Gasteiger charge is 2.15. The van der Waals surface area contributed by atoms with Gasteiger partial charge in [-0.25, -0.2) is 0 Å². The van der Waals surface area contributed by atoms with Crippen LogP contribution >= 0.6 is 11.8 Å². The minimum atomic E-state index is -0.192. The SMILES string of the molecule is CSc1ccc(C(=O)NC(CO)C(C)C)cc1. The fourth-order valence-corrected chi connectivity index (χ4v) is 1.83. The van der Waals surface area contributed by atoms with Crippen molar-refractivity contribution in [2.24, 2.45) is 5.92 Å². The van der Waals surface area contributed by atoms with Crippen molar-refractivity contribution in [2.75, 3.05) is 12.9 Å². The Balaban J connectivity index is 2.68. The Hall–Kier alpha value is -1.00. The van der Waals surface area contributed by atoms with Gasteiger partial charge in [0, 0.05) is 10.5 Å². The standard InChI is InChI=1S/C13H19NO2S/c1-9(2)12(8-15)14-13(16)10-4-6-11(17-3)7-5-10/h4-7,9,12,15H,8H2,1-3H3,(H,14,16). The Kier molecular flexibility index (Phi) is 5.51. The third-order valence-corrected chi connectivity index (χ3v) is 3.41. The molecule has 0 aliphatic carbocycles. The monoisotopic (exact) mass is 253 g/mol. The number of hydrogen-bond acceptors (Lipinski definition) is 3. The summed E-state index contributed by atoms with van der Waals surface area (Å²) < 4.78 is 0. The summed E-state index contributed by atoms with van der Waals surface area (Å²) in [7, 11) is 0. The van der Waals surface area contributed by atoms with Crippen LogP contribution in [0.25, 0.3) is 0 Å². The lowest BCUT2D eigenvalue weighted by Gasteiger charge is -2.19. The van der Waals surface area contributed by atoms with Crippen LogP contribution in [0.15, 0.2) is 29.2 Å². The van der Waals surface area contributed by atoms with Gasteiger partial charge < -0.3 is 10.4 Å². The lowest BCUT2D eigenvalue weighted by molar-refractivity contribution is 0.0897. The second kappa shape index (κ2) is 6.67. The van der Waals surface area contributed by atoms with Gasteiger partial charge in [0.15, 0.2) is 0 Å². The van der Waals surface area contributed by atoms with Gasteiger partial charge in [-0.05, 0) is 36.4 Å². The Morgan fingerprint density at radius 1 is 1.35 bits per heavy atom. The quantitative estimate of drug-likeness (QED) is 0.791. The number of aliphatic hydroxyl groups is 1. The van der Waals surface area contributed by atoms with E-state index in [2.05, 4.69) is 5.32 Å². The zero-order valence-electron chi connectivity index (χ0n) is 10.4. The van der Waals surface area contributed by atoms with Crippen molar-refractivity contribution in [3.63, 3.8) is 0 Å². The number of thioether (sulfide) groups is 1. The Bertz CT molecular complexity index is 362. The molecule has 0 fully saturated rings. The minimum absolute atomic E-state index is 0.0354. The van der Waals surface area contributed by atoms with E-state index in [0.717, 1.165) is 4.90 Å². The minimum Gasteiger partial charge on any atom is -0.394 e. The molecule has 0 spiro atoms. The molecule has 0 aliphatic rings. The van der Waals surface area contributed by atoms with Gasteiger partial charge in [0.1, 0.15) is 0 Å². The summed E-state index contributed by atoms with van der Waals surface area (Å²) in [6.45, 7) is 3.91. The van der Waals surface area contributed by atoms with E-state index in [1.165, 1.54) is 0 Å². The maximum absolute atomic E-state index is 11.9. The summed E-state index contributed by atoms with van der Waals surface area (Å²) in [6, 6.07) is 7.25. The predicted molar refractivity (Wildman–Crippen MR) is 71.4 cm³/mol. The number of carbonyl (C=O) groups is 1. The summed E-state index contributed by atoms with van der Waals surface area (Å²) in [5, 5.41) is 12.0. The predicted octanol–water partition coefficient (Wildman–Crippen LogP) is 2.16. The van der Waals surface area contributed by atoms with E-state index in [4.69, 9.17) is 5.11 Å². The van der Waals surface area contributed by atoms with Crippen molar-refractivity contribution in [2.45, 2.75) is 24.8 Å². The van der Waals surface area contributed by atoms with Crippen molar-refractivity contribution in [1.29, 1.82) is 0 Å². The molecule has 0 aromatic heterocycles. The van der Waals surface area contributed by atoms with Gasteiger partial charge in [-0.3, -0.25) is 4.79 Å². The number of hydrogen-bond donors (Lipinski definition) is 2. The third kappa shape index (κ3) is 4.06. The average Bonchev–Trinajstić information content (AvgIpc) is 2.35. The zero-order valence-corrected chi connectivity index (χ0v) is 11.3. The van der Waals surface area contributed by atoms with Crippen LogP contribution in [0.5, 0.6) is 0 Å². The molecule has 1 aromatic rings. The molecule has 0 aliphatic heterocycles. The molecule has 0 bridgehead atoms. The van der Waals surface area contributed by atoms with Gasteiger partial charge in [0.25, 0.3) is 5.91 Å². The Morgan fingerprint density at radius 2 is 1.94 bits per heavy atom. The van der Waals surface area contributed by atoms with Crippen LogP contribution in [0.2, 0.25) is 0 Å². The van der Waals surface area contributed by atoms with E-state index in [9.17, 15) is 4.79 Å². The van der Waals surface area contributed by atoms with E-state index < -0.39 is 0 Å². The molecule has 0 saturated carbocycles. The van der Waals surface area contributed by atoms with Crippen LogP contribution in [0.3, 0.4) is 0 Å². The fraction of sp³-hybridized carbons (Fsp3) is 0.462. The first kappa shape index (κ1) is 14.1. The van der Waals surface area contributed by atoms with Crippen molar-refractivity contribution in [1.82, 2.24) is 5.32 Å². The molecule has 1 unspecified atom stereocenters. The van der Waals surface area contributed by atoms with Crippen molar-refractivity contribution < 1.29 is 9.90 Å². The molecule has 0 heterocycles. The largest absolute Gasteiger partial charge is 0.394 e. The Labute approximate surface area is 107 Å². The highest BCUT2D eigenvalue weighted by Crippen LogP contribution is 2.15. The van der Waals surface area contributed by atoms with Gasteiger partial charge in [0.05, 0.1) is 12.6 Å². The number of carbonyl (C=O) groups excluding carboxylic acids is 1. The molecule has 4 heteroatoms. The number of nitrogens with one attached hydrogen (secondary N) is 1. The summed E-state index contributed by atoms with van der Waals surface area (Å²) in [5.41, 5.74) is 0.627. The number of benzene rings is 1. The van der Waals surface area contributed by atoms with Gasteiger partial charge in [-0.15, -0.1) is 11.8 Å². The molecule has 3 nitrogen and oxygen atoms in total. The Morgan fingerprint density at radius 3 is 2.35 bits per heavy atom. The van der Waals surface area contributed by atoms with Crippen LogP contribution in [0, 0.1) is 5.92 Å². The van der Waals surface area contributed by atoms with E-state index >= 15 is 0 Å². The lowest BCUT2D eigenvalue weighted by Crippen LogP contribution is -2.41. The molecule has 2 N–H and O–H groups in total. The first-order valence-electron chi connectivity index (χ1n) is 5.64. The summed E-state index contributed by atoms with van der Waals surface area (Å²) in [6.07, 6.45) is 2.00. The first-order chi connectivity index (χ1) is 8.08. The second-order valence-electron chi connectivity index (χ2n) is 4.24. The average molecular weight is 253 g/mol. The van der Waals surface area contributed by atoms with Crippen LogP contribution in [0.1, 0.15) is 24.2 Å². The normalized spacial score (nSPS) is 12.5. The molecule has 1 aromatic carbocycles. The molecule has 0 radical (unpaired) electrons. The summed E-state index contributed by atoms with van der Waals surface area (Å²) in [4.78, 5) is 13.0. The maximum atomic E-state index is 11.9. The lowest BCUT2D eigenvalue weighted by atomic mass is 10.0. The summed E-state index contributed by atoms with van der Waals surface area (Å²) >= 11 is 1.64. The van der Waals surface area contributed by atoms with Crippen molar-refractivity contribution >= 4 is 17.7 Å². The van der Waals surface area contributed by atoms with Gasteiger partial charge in [0.2, 0.25) is 0 Å². The smallest absolute Gasteiger partial charge is 0.251 e. The number of aliphatic hydroxyl groups excluding tert-OH is 1. The van der Waals surface area contributed by atoms with Crippen LogP contribution in [-0.4, -0.2) is 29.9 Å². The highest BCUT2D eigenvalue weighted by molar-refractivity contribution is 7.98. The zero-order chi connectivity index (χ0) is 12.8. The van der Waals surface area contributed by atoms with Gasteiger partial charge in [-0.2, -0.15) is 0 Å². The van der Waals surface area contributed by atoms with E-state index in [1.807, 2.05) is 32.2 Å². The molecule has 1 amide bonds. The fourth-order valence-electron chi connectivity index (χ4n) is 1.42. The van der Waals surface area contributed by atoms with Gasteiger partial charge in [-0.1, -0.05) is 13.8 Å². The molecular formula is C13H19NO2S. The molecule has 1 rings (SSSR count). The first-order valence-corrected chi connectivity index (χ1v) is 6.86. The van der Waals surface area contributed by atoms with Crippen LogP contribution in [0.4, 0.5) is 0 Å². The van der Waals surface area contributed by atoms with E-state index in [1.54, 1.807) is 23.9 Å². The molecule has 94 valence electrons. The highest BCUT2D eigenvalue weighted by atomic mass is 32.2. The van der Waals surface area contributed by atoms with E-state index in [0.29, 0.717) is 5.56 Å². The molecular weight excluding hydrogens is 234 g/mol.